The lowest BCUT2D eigenvalue weighted by Crippen LogP contribution is -2.24. The molecule has 2 N–H and O–H groups in total. The van der Waals surface area contributed by atoms with Crippen LogP contribution in [0.15, 0.2) is 18.2 Å². The van der Waals surface area contributed by atoms with Crippen molar-refractivity contribution in [2.24, 2.45) is 0 Å². The van der Waals surface area contributed by atoms with E-state index in [1.54, 1.807) is 0 Å². The third-order valence-electron chi connectivity index (χ3n) is 3.23. The predicted octanol–water partition coefficient (Wildman–Crippen LogP) is 2.64. The topological polar surface area (TPSA) is 58.9 Å². The first-order valence-corrected chi connectivity index (χ1v) is 7.10. The van der Waals surface area contributed by atoms with E-state index in [2.05, 4.69) is 39.8 Å². The molecule has 0 atom stereocenters. The molecule has 0 aromatic heterocycles. The Morgan fingerprint density at radius 2 is 1.45 bits per heavy atom. The summed E-state index contributed by atoms with van der Waals surface area (Å²) in [6.45, 7) is 8.07. The van der Waals surface area contributed by atoms with Gasteiger partial charge in [-0.3, -0.25) is 0 Å². The molecule has 0 heterocycles. The lowest BCUT2D eigenvalue weighted by molar-refractivity contribution is -0.0769. The van der Waals surface area contributed by atoms with Crippen LogP contribution in [0.5, 0.6) is 5.75 Å². The van der Waals surface area contributed by atoms with E-state index in [4.69, 9.17) is 19.7 Å². The first-order valence-electron chi connectivity index (χ1n) is 7.10. The molecule has 0 saturated heterocycles. The Labute approximate surface area is 121 Å². The molecule has 1 aromatic rings. The number of rotatable bonds is 8. The van der Waals surface area contributed by atoms with Crippen molar-refractivity contribution in [2.75, 3.05) is 20.0 Å². The summed E-state index contributed by atoms with van der Waals surface area (Å²) in [5.74, 6) is 1.57. The molecule has 1 rings (SSSR count). The number of benzene rings is 1. The molecule has 0 aliphatic heterocycles. The smallest absolute Gasteiger partial charge is 0.189 e. The van der Waals surface area contributed by atoms with Gasteiger partial charge in [-0.1, -0.05) is 45.9 Å². The van der Waals surface area contributed by atoms with Gasteiger partial charge < -0.3 is 19.7 Å². The molecule has 0 spiro atoms. The van der Waals surface area contributed by atoms with E-state index in [1.807, 2.05) is 6.07 Å². The van der Waals surface area contributed by atoms with Crippen LogP contribution in [0.2, 0.25) is 0 Å². The summed E-state index contributed by atoms with van der Waals surface area (Å²) in [6, 6.07) is 6.16. The van der Waals surface area contributed by atoms with Gasteiger partial charge in [-0.25, -0.2) is 0 Å². The Bertz CT molecular complexity index is 371. The van der Waals surface area contributed by atoms with Gasteiger partial charge in [0.2, 0.25) is 0 Å². The zero-order valence-electron chi connectivity index (χ0n) is 12.8. The first kappa shape index (κ1) is 17.0. The van der Waals surface area contributed by atoms with Crippen LogP contribution in [0.1, 0.15) is 50.7 Å². The fraction of sp³-hybridized carbons (Fsp3) is 0.625. The fourth-order valence-electron chi connectivity index (χ4n) is 2.00. The zero-order valence-corrected chi connectivity index (χ0v) is 12.8. The van der Waals surface area contributed by atoms with Gasteiger partial charge in [-0.15, -0.1) is 0 Å². The van der Waals surface area contributed by atoms with Gasteiger partial charge in [-0.05, 0) is 23.0 Å². The van der Waals surface area contributed by atoms with Crippen molar-refractivity contribution in [2.45, 2.75) is 45.6 Å². The Morgan fingerprint density at radius 1 is 0.950 bits per heavy atom. The van der Waals surface area contributed by atoms with Gasteiger partial charge in [0.05, 0.1) is 13.2 Å². The molecule has 0 saturated carbocycles. The number of aliphatic hydroxyl groups is 2. The highest BCUT2D eigenvalue weighted by Gasteiger charge is 2.15. The van der Waals surface area contributed by atoms with Crippen molar-refractivity contribution < 1.29 is 19.7 Å². The van der Waals surface area contributed by atoms with E-state index in [0.29, 0.717) is 11.8 Å². The van der Waals surface area contributed by atoms with Crippen LogP contribution in [-0.4, -0.2) is 36.3 Å². The predicted molar refractivity (Wildman–Crippen MR) is 79.2 cm³/mol. The molecule has 4 heteroatoms. The quantitative estimate of drug-likeness (QED) is 0.720. The van der Waals surface area contributed by atoms with Gasteiger partial charge in [0.15, 0.2) is 6.79 Å². The number of ether oxygens (including phenoxy) is 2. The monoisotopic (exact) mass is 282 g/mol. The van der Waals surface area contributed by atoms with Gasteiger partial charge in [0.1, 0.15) is 11.9 Å². The molecule has 0 radical (unpaired) electrons. The Balaban J connectivity index is 2.85. The maximum atomic E-state index is 8.97. The van der Waals surface area contributed by atoms with E-state index >= 15 is 0 Å². The minimum absolute atomic E-state index is 0.0231. The molecule has 0 aliphatic carbocycles. The SMILES string of the molecule is CC(C)c1cccc(C(C)C)c1OCOC(CO)CO. The molecule has 0 unspecified atom stereocenters. The van der Waals surface area contributed by atoms with Crippen LogP contribution in [0.4, 0.5) is 0 Å². The van der Waals surface area contributed by atoms with Crippen molar-refractivity contribution in [1.82, 2.24) is 0 Å². The van der Waals surface area contributed by atoms with E-state index in [-0.39, 0.29) is 20.0 Å². The molecular weight excluding hydrogens is 256 g/mol. The molecule has 0 fully saturated rings. The zero-order chi connectivity index (χ0) is 15.1. The molecule has 0 aliphatic rings. The standard InChI is InChI=1S/C16H26O4/c1-11(2)14-6-5-7-15(12(3)4)16(14)20-10-19-13(8-17)9-18/h5-7,11-13,17-18H,8-10H2,1-4H3. The first-order chi connectivity index (χ1) is 9.51. The molecule has 4 nitrogen and oxygen atoms in total. The molecular formula is C16H26O4. The lowest BCUT2D eigenvalue weighted by Gasteiger charge is -2.21. The highest BCUT2D eigenvalue weighted by Crippen LogP contribution is 2.34. The van der Waals surface area contributed by atoms with Crippen molar-refractivity contribution in [3.05, 3.63) is 29.3 Å². The average Bonchev–Trinajstić information content (AvgIpc) is 2.43. The van der Waals surface area contributed by atoms with Crippen molar-refractivity contribution in [3.8, 4) is 5.75 Å². The number of aliphatic hydroxyl groups excluding tert-OH is 2. The summed E-state index contributed by atoms with van der Waals surface area (Å²) in [7, 11) is 0. The maximum absolute atomic E-state index is 8.97. The minimum atomic E-state index is -0.594. The van der Waals surface area contributed by atoms with Crippen LogP contribution in [0, 0.1) is 0 Å². The Morgan fingerprint density at radius 3 is 1.85 bits per heavy atom. The summed E-state index contributed by atoms with van der Waals surface area (Å²) < 4.78 is 11.1. The number of hydrogen-bond acceptors (Lipinski definition) is 4. The Hall–Kier alpha value is -1.10. The van der Waals surface area contributed by atoms with Crippen LogP contribution in [0.25, 0.3) is 0 Å². The molecule has 114 valence electrons. The van der Waals surface area contributed by atoms with Crippen molar-refractivity contribution in [3.63, 3.8) is 0 Å². The minimum Gasteiger partial charge on any atom is -0.467 e. The third kappa shape index (κ3) is 4.47. The number of para-hydroxylation sites is 1. The number of hydrogen-bond donors (Lipinski definition) is 2. The van der Waals surface area contributed by atoms with Gasteiger partial charge >= 0.3 is 0 Å². The second-order valence-electron chi connectivity index (χ2n) is 5.49. The largest absolute Gasteiger partial charge is 0.467 e. The molecule has 0 bridgehead atoms. The molecule has 20 heavy (non-hydrogen) atoms. The van der Waals surface area contributed by atoms with Crippen LogP contribution in [0.3, 0.4) is 0 Å². The second-order valence-corrected chi connectivity index (χ2v) is 5.49. The summed E-state index contributed by atoms with van der Waals surface area (Å²) in [4.78, 5) is 0. The molecule has 1 aromatic carbocycles. The summed E-state index contributed by atoms with van der Waals surface area (Å²) in [5, 5.41) is 17.9. The van der Waals surface area contributed by atoms with Crippen molar-refractivity contribution in [1.29, 1.82) is 0 Å². The average molecular weight is 282 g/mol. The fourth-order valence-corrected chi connectivity index (χ4v) is 2.00. The van der Waals surface area contributed by atoms with Crippen LogP contribution in [-0.2, 0) is 4.74 Å². The second kappa shape index (κ2) is 8.25. The summed E-state index contributed by atoms with van der Waals surface area (Å²) in [5.41, 5.74) is 2.29. The summed E-state index contributed by atoms with van der Waals surface area (Å²) in [6.07, 6.45) is -0.594. The highest BCUT2D eigenvalue weighted by atomic mass is 16.7. The van der Waals surface area contributed by atoms with Crippen LogP contribution < -0.4 is 4.74 Å². The maximum Gasteiger partial charge on any atom is 0.189 e. The van der Waals surface area contributed by atoms with E-state index < -0.39 is 6.10 Å². The highest BCUT2D eigenvalue weighted by molar-refractivity contribution is 5.44. The normalized spacial score (nSPS) is 11.7. The van der Waals surface area contributed by atoms with Gasteiger partial charge in [-0.2, -0.15) is 0 Å². The van der Waals surface area contributed by atoms with Gasteiger partial charge in [0.25, 0.3) is 0 Å². The van der Waals surface area contributed by atoms with E-state index in [1.165, 1.54) is 0 Å². The van der Waals surface area contributed by atoms with Gasteiger partial charge in [0, 0.05) is 0 Å². The van der Waals surface area contributed by atoms with E-state index in [9.17, 15) is 0 Å². The third-order valence-corrected chi connectivity index (χ3v) is 3.23. The lowest BCUT2D eigenvalue weighted by atomic mass is 9.94. The Kier molecular flexibility index (Phi) is 6.99. The van der Waals surface area contributed by atoms with Crippen molar-refractivity contribution >= 4 is 0 Å². The molecule has 0 amide bonds. The summed E-state index contributed by atoms with van der Waals surface area (Å²) >= 11 is 0. The van der Waals surface area contributed by atoms with E-state index in [0.717, 1.165) is 16.9 Å². The van der Waals surface area contributed by atoms with Crippen LogP contribution >= 0.6 is 0 Å².